The van der Waals surface area contributed by atoms with Gasteiger partial charge in [-0.1, -0.05) is 18.2 Å². The number of hydrogen-bond acceptors (Lipinski definition) is 7. The number of aromatic amines is 1. The van der Waals surface area contributed by atoms with Gasteiger partial charge in [-0.25, -0.2) is 4.79 Å². The number of para-hydroxylation sites is 1. The summed E-state index contributed by atoms with van der Waals surface area (Å²) < 4.78 is 10.7. The summed E-state index contributed by atoms with van der Waals surface area (Å²) in [6.07, 6.45) is 0.770. The van der Waals surface area contributed by atoms with Crippen LogP contribution in [0.5, 0.6) is 5.75 Å². The van der Waals surface area contributed by atoms with Crippen LogP contribution in [0.4, 0.5) is 11.4 Å². The van der Waals surface area contributed by atoms with Gasteiger partial charge in [-0.2, -0.15) is 4.98 Å². The van der Waals surface area contributed by atoms with Crippen molar-refractivity contribution in [3.63, 3.8) is 0 Å². The highest BCUT2D eigenvalue weighted by Crippen LogP contribution is 2.39. The van der Waals surface area contributed by atoms with Crippen LogP contribution in [0.2, 0.25) is 0 Å². The van der Waals surface area contributed by atoms with E-state index in [1.54, 1.807) is 43.5 Å². The van der Waals surface area contributed by atoms with Crippen LogP contribution in [0.1, 0.15) is 34.0 Å². The quantitative estimate of drug-likeness (QED) is 0.249. The smallest absolute Gasteiger partial charge is 0.345 e. The van der Waals surface area contributed by atoms with Crippen molar-refractivity contribution in [2.75, 3.05) is 50.7 Å². The zero-order valence-electron chi connectivity index (χ0n) is 22.4. The Morgan fingerprint density at radius 2 is 1.88 bits per heavy atom. The van der Waals surface area contributed by atoms with E-state index in [9.17, 15) is 14.4 Å². The molecule has 0 fully saturated rings. The highest BCUT2D eigenvalue weighted by molar-refractivity contribution is 6.08. The topological polar surface area (TPSA) is 126 Å². The van der Waals surface area contributed by atoms with E-state index in [1.165, 1.54) is 0 Å². The number of nitrogens with zero attached hydrogens (tertiary/aromatic N) is 2. The number of carbonyl (C=O) groups excluding carboxylic acids is 2. The van der Waals surface area contributed by atoms with Gasteiger partial charge >= 0.3 is 5.69 Å². The Balaban J connectivity index is 1.33. The van der Waals surface area contributed by atoms with Crippen LogP contribution in [0.25, 0.3) is 10.9 Å². The van der Waals surface area contributed by atoms with Gasteiger partial charge in [0.15, 0.2) is 0 Å². The lowest BCUT2D eigenvalue weighted by atomic mass is 9.92. The molecule has 2 amide bonds. The average Bonchev–Trinajstić information content (AvgIpc) is 3.29. The van der Waals surface area contributed by atoms with Gasteiger partial charge in [0.2, 0.25) is 5.91 Å². The number of nitrogens with one attached hydrogen (secondary N) is 3. The molecule has 5 rings (SSSR count). The molecule has 1 unspecified atom stereocenters. The standard InChI is InChI=1S/C30H31N5O5/c1-35(20-7-4-3-5-8-20)14-6-13-31-28(36)19-9-12-24-23(17-19)26(29(37)32-24)27-22-11-10-21(40-16-15-39-2)18-25(22)33-30(38)34-27/h3-5,7-12,17-18,26H,6,13-16H2,1-2H3,(H,31,36)(H,32,37)(H,33,34,38). The van der Waals surface area contributed by atoms with Crippen molar-refractivity contribution in [2.24, 2.45) is 0 Å². The number of rotatable bonds is 11. The Labute approximate surface area is 231 Å². The van der Waals surface area contributed by atoms with Crippen molar-refractivity contribution in [3.05, 3.63) is 94.0 Å². The van der Waals surface area contributed by atoms with E-state index in [1.807, 2.05) is 37.4 Å². The summed E-state index contributed by atoms with van der Waals surface area (Å²) in [4.78, 5) is 47.5. The third-order valence-electron chi connectivity index (χ3n) is 6.87. The minimum atomic E-state index is -0.805. The van der Waals surface area contributed by atoms with E-state index in [4.69, 9.17) is 9.47 Å². The first-order valence-corrected chi connectivity index (χ1v) is 13.1. The van der Waals surface area contributed by atoms with Crippen LogP contribution in [0, 0.1) is 0 Å². The molecule has 1 aliphatic rings. The molecule has 1 aliphatic heterocycles. The normalized spacial score (nSPS) is 14.1. The fourth-order valence-electron chi connectivity index (χ4n) is 4.83. The number of H-pyrrole nitrogens is 1. The maximum absolute atomic E-state index is 13.1. The van der Waals surface area contributed by atoms with Gasteiger partial charge in [-0.15, -0.1) is 0 Å². The molecule has 0 bridgehead atoms. The first kappa shape index (κ1) is 26.9. The summed E-state index contributed by atoms with van der Waals surface area (Å²) in [5.41, 5.74) is 3.01. The van der Waals surface area contributed by atoms with Gasteiger partial charge in [0.25, 0.3) is 5.91 Å². The second-order valence-electron chi connectivity index (χ2n) is 9.57. The number of methoxy groups -OCH3 is 1. The first-order chi connectivity index (χ1) is 19.4. The van der Waals surface area contributed by atoms with Gasteiger partial charge in [-0.05, 0) is 54.4 Å². The van der Waals surface area contributed by atoms with Gasteiger partial charge in [0.1, 0.15) is 18.3 Å². The molecule has 3 N–H and O–H groups in total. The predicted molar refractivity (Wildman–Crippen MR) is 153 cm³/mol. The molecule has 10 nitrogen and oxygen atoms in total. The van der Waals surface area contributed by atoms with Gasteiger partial charge in [0, 0.05) is 61.3 Å². The molecule has 206 valence electrons. The van der Waals surface area contributed by atoms with Crippen molar-refractivity contribution in [3.8, 4) is 5.75 Å². The molecule has 10 heteroatoms. The SMILES string of the molecule is COCCOc1ccc2c(C3C(=O)Nc4ccc(C(=O)NCCCN(C)c5ccccc5)cc43)[nH]c(=O)nc2c1. The summed E-state index contributed by atoms with van der Waals surface area (Å²) in [5.74, 6) is -0.784. The molecule has 0 saturated carbocycles. The molecule has 3 aromatic carbocycles. The van der Waals surface area contributed by atoms with E-state index >= 15 is 0 Å². The number of ether oxygens (including phenoxy) is 2. The largest absolute Gasteiger partial charge is 0.491 e. The summed E-state index contributed by atoms with van der Waals surface area (Å²) in [6, 6.07) is 20.4. The Bertz CT molecular complexity index is 1590. The Hall–Kier alpha value is -4.70. The number of anilines is 2. The Kier molecular flexibility index (Phi) is 8.07. The van der Waals surface area contributed by atoms with Crippen LogP contribution in [-0.4, -0.2) is 62.2 Å². The number of hydrogen-bond donors (Lipinski definition) is 3. The molecule has 2 heterocycles. The predicted octanol–water partition coefficient (Wildman–Crippen LogP) is 3.29. The highest BCUT2D eigenvalue weighted by Gasteiger charge is 2.34. The Morgan fingerprint density at radius 3 is 2.67 bits per heavy atom. The third kappa shape index (κ3) is 5.81. The minimum absolute atomic E-state index is 0.228. The van der Waals surface area contributed by atoms with E-state index in [0.29, 0.717) is 58.9 Å². The molecule has 0 aliphatic carbocycles. The molecule has 40 heavy (non-hydrogen) atoms. The number of carbonyl (C=O) groups is 2. The number of amides is 2. The van der Waals surface area contributed by atoms with Crippen LogP contribution < -0.4 is 26.0 Å². The monoisotopic (exact) mass is 541 g/mol. The summed E-state index contributed by atoms with van der Waals surface area (Å²) in [6.45, 7) is 2.07. The van der Waals surface area contributed by atoms with E-state index in [0.717, 1.165) is 18.7 Å². The Morgan fingerprint density at radius 1 is 1.05 bits per heavy atom. The molecule has 0 radical (unpaired) electrons. The first-order valence-electron chi connectivity index (χ1n) is 13.1. The second-order valence-corrected chi connectivity index (χ2v) is 9.57. The van der Waals surface area contributed by atoms with Crippen LogP contribution in [0.15, 0.2) is 71.5 Å². The molecular weight excluding hydrogens is 510 g/mol. The number of fused-ring (bicyclic) bond motifs is 2. The van der Waals surface area contributed by atoms with E-state index in [2.05, 4.69) is 25.5 Å². The van der Waals surface area contributed by atoms with Crippen molar-refractivity contribution in [1.82, 2.24) is 15.3 Å². The second kappa shape index (κ2) is 12.0. The van der Waals surface area contributed by atoms with E-state index < -0.39 is 11.6 Å². The molecule has 0 saturated heterocycles. The van der Waals surface area contributed by atoms with Crippen molar-refractivity contribution >= 4 is 34.1 Å². The summed E-state index contributed by atoms with van der Waals surface area (Å²) in [5, 5.41) is 6.45. The molecule has 4 aromatic rings. The van der Waals surface area contributed by atoms with Gasteiger partial charge < -0.3 is 30.0 Å². The molecule has 1 aromatic heterocycles. The minimum Gasteiger partial charge on any atom is -0.491 e. The van der Waals surface area contributed by atoms with Gasteiger partial charge in [0.05, 0.1) is 12.1 Å². The third-order valence-corrected chi connectivity index (χ3v) is 6.87. The maximum atomic E-state index is 13.1. The van der Waals surface area contributed by atoms with Crippen LogP contribution in [0.3, 0.4) is 0 Å². The fourth-order valence-corrected chi connectivity index (χ4v) is 4.83. The fraction of sp³-hybridized carbons (Fsp3) is 0.267. The lowest BCUT2D eigenvalue weighted by molar-refractivity contribution is -0.116. The van der Waals surface area contributed by atoms with Crippen molar-refractivity contribution in [2.45, 2.75) is 12.3 Å². The number of benzene rings is 3. The van der Waals surface area contributed by atoms with Crippen molar-refractivity contribution < 1.29 is 19.1 Å². The lowest BCUT2D eigenvalue weighted by Gasteiger charge is -2.19. The van der Waals surface area contributed by atoms with Crippen LogP contribution >= 0.6 is 0 Å². The number of aromatic nitrogens is 2. The molecule has 0 spiro atoms. The van der Waals surface area contributed by atoms with E-state index in [-0.39, 0.29) is 11.8 Å². The average molecular weight is 542 g/mol. The summed E-state index contributed by atoms with van der Waals surface area (Å²) in [7, 11) is 3.60. The summed E-state index contributed by atoms with van der Waals surface area (Å²) >= 11 is 0. The maximum Gasteiger partial charge on any atom is 0.345 e. The highest BCUT2D eigenvalue weighted by atomic mass is 16.5. The van der Waals surface area contributed by atoms with Gasteiger partial charge in [-0.3, -0.25) is 9.59 Å². The van der Waals surface area contributed by atoms with Crippen LogP contribution in [-0.2, 0) is 9.53 Å². The zero-order valence-corrected chi connectivity index (χ0v) is 22.4. The molecular formula is C30H31N5O5. The zero-order chi connectivity index (χ0) is 28.1. The molecule has 1 atom stereocenters. The van der Waals surface area contributed by atoms with Crippen molar-refractivity contribution in [1.29, 1.82) is 0 Å². The lowest BCUT2D eigenvalue weighted by Crippen LogP contribution is -2.28.